The second kappa shape index (κ2) is 3.16. The average molecular weight is 412 g/mol. The van der Waals surface area contributed by atoms with E-state index < -0.39 is 6.47 Å². The molecule has 1 aliphatic carbocycles. The van der Waals surface area contributed by atoms with Gasteiger partial charge in [0.1, 0.15) is 8.99 Å². The summed E-state index contributed by atoms with van der Waals surface area (Å²) < 4.78 is -1.17. The van der Waals surface area contributed by atoms with Gasteiger partial charge >= 0.3 is 0 Å². The van der Waals surface area contributed by atoms with Crippen molar-refractivity contribution >= 4 is 63.7 Å². The standard InChI is InChI=1S/C6H4Br4O/c7-5(8)3-1-2-4(11)6(5,9)10/h1-3,11H. The van der Waals surface area contributed by atoms with Gasteiger partial charge in [-0.15, -0.1) is 0 Å². The van der Waals surface area contributed by atoms with E-state index in [0.717, 1.165) is 0 Å². The molecule has 0 amide bonds. The van der Waals surface area contributed by atoms with Crippen molar-refractivity contribution in [1.82, 2.24) is 0 Å². The molecule has 0 aromatic carbocycles. The van der Waals surface area contributed by atoms with Crippen LogP contribution >= 0.6 is 63.7 Å². The summed E-state index contributed by atoms with van der Waals surface area (Å²) in [5.41, 5.74) is 0. The largest absolute Gasteiger partial charge is 0.510 e. The number of rotatable bonds is 0. The van der Waals surface area contributed by atoms with Crippen LogP contribution in [-0.4, -0.2) is 11.6 Å². The first-order valence-corrected chi connectivity index (χ1v) is 5.90. The van der Waals surface area contributed by atoms with Gasteiger partial charge < -0.3 is 5.11 Å². The summed E-state index contributed by atoms with van der Waals surface area (Å²) >= 11 is 13.4. The van der Waals surface area contributed by atoms with Crippen LogP contribution in [0.5, 0.6) is 0 Å². The third-order valence-corrected chi connectivity index (χ3v) is 7.21. The van der Waals surface area contributed by atoms with Gasteiger partial charge in [-0.05, 0) is 6.08 Å². The third kappa shape index (κ3) is 1.76. The number of aliphatic hydroxyl groups is 1. The summed E-state index contributed by atoms with van der Waals surface area (Å²) in [6.07, 6.45) is 5.25. The maximum absolute atomic E-state index is 9.43. The Balaban J connectivity index is 3.09. The van der Waals surface area contributed by atoms with Crippen LogP contribution in [0, 0.1) is 0 Å². The number of aliphatic hydroxyl groups excluding tert-OH is 1. The van der Waals surface area contributed by atoms with Gasteiger partial charge in [-0.1, -0.05) is 75.9 Å². The molecule has 1 N–H and O–H groups in total. The van der Waals surface area contributed by atoms with Crippen LogP contribution in [0.25, 0.3) is 0 Å². The lowest BCUT2D eigenvalue weighted by Gasteiger charge is -2.33. The summed E-state index contributed by atoms with van der Waals surface area (Å²) in [7, 11) is 0. The van der Waals surface area contributed by atoms with E-state index >= 15 is 0 Å². The molecule has 0 unspecified atom stereocenters. The summed E-state index contributed by atoms with van der Waals surface area (Å²) in [4.78, 5) is 0. The van der Waals surface area contributed by atoms with Crippen LogP contribution in [0.2, 0.25) is 0 Å². The highest BCUT2D eigenvalue weighted by Crippen LogP contribution is 2.54. The Bertz CT molecular complexity index is 229. The maximum Gasteiger partial charge on any atom is 0.165 e. The zero-order valence-corrected chi connectivity index (χ0v) is 11.5. The number of allylic oxidation sites excluding steroid dienone is 4. The highest BCUT2D eigenvalue weighted by atomic mass is 79.9. The quantitative estimate of drug-likeness (QED) is 0.598. The van der Waals surface area contributed by atoms with E-state index in [4.69, 9.17) is 0 Å². The lowest BCUT2D eigenvalue weighted by Crippen LogP contribution is -2.35. The first kappa shape index (κ1) is 10.3. The van der Waals surface area contributed by atoms with Crippen LogP contribution in [0.1, 0.15) is 0 Å². The van der Waals surface area contributed by atoms with Crippen LogP contribution < -0.4 is 0 Å². The van der Waals surface area contributed by atoms with Gasteiger partial charge in [0.25, 0.3) is 0 Å². The average Bonchev–Trinajstić information content (AvgIpc) is 1.84. The molecule has 0 aromatic heterocycles. The molecular formula is C6H4Br4O. The second-order valence-electron chi connectivity index (χ2n) is 2.11. The maximum atomic E-state index is 9.43. The highest BCUT2D eigenvalue weighted by molar-refractivity contribution is 9.30. The highest BCUT2D eigenvalue weighted by Gasteiger charge is 2.47. The van der Waals surface area contributed by atoms with E-state index in [-0.39, 0.29) is 5.76 Å². The van der Waals surface area contributed by atoms with E-state index in [1.54, 1.807) is 12.2 Å². The van der Waals surface area contributed by atoms with Crippen molar-refractivity contribution in [1.29, 1.82) is 0 Å². The molecule has 1 aliphatic rings. The SMILES string of the molecule is OC1=CC=CC(Br)(Br)C1(Br)Br. The molecule has 0 fully saturated rings. The molecule has 0 bridgehead atoms. The summed E-state index contributed by atoms with van der Waals surface area (Å²) in [5, 5.41) is 9.43. The molecule has 0 aromatic rings. The van der Waals surface area contributed by atoms with Crippen molar-refractivity contribution in [2.45, 2.75) is 6.47 Å². The van der Waals surface area contributed by atoms with Crippen LogP contribution in [-0.2, 0) is 0 Å². The number of halogens is 4. The summed E-state index contributed by atoms with van der Waals surface area (Å²) in [5.74, 6) is 0.216. The van der Waals surface area contributed by atoms with Gasteiger partial charge in [-0.2, -0.15) is 0 Å². The zero-order valence-electron chi connectivity index (χ0n) is 5.19. The van der Waals surface area contributed by atoms with Crippen molar-refractivity contribution in [3.05, 3.63) is 24.0 Å². The topological polar surface area (TPSA) is 20.2 Å². The Morgan fingerprint density at radius 1 is 1.18 bits per heavy atom. The van der Waals surface area contributed by atoms with Gasteiger partial charge in [0.2, 0.25) is 0 Å². The Kier molecular flexibility index (Phi) is 2.95. The molecule has 0 spiro atoms. The van der Waals surface area contributed by atoms with E-state index in [1.807, 2.05) is 6.08 Å². The number of hydrogen-bond acceptors (Lipinski definition) is 1. The predicted molar refractivity (Wildman–Crippen MR) is 61.0 cm³/mol. The molecule has 0 radical (unpaired) electrons. The van der Waals surface area contributed by atoms with Gasteiger partial charge in [-0.25, -0.2) is 0 Å². The van der Waals surface area contributed by atoms with Crippen LogP contribution in [0.4, 0.5) is 0 Å². The molecule has 0 saturated heterocycles. The monoisotopic (exact) mass is 408 g/mol. The van der Waals surface area contributed by atoms with E-state index in [0.29, 0.717) is 0 Å². The molecule has 1 rings (SSSR count). The fraction of sp³-hybridized carbons (Fsp3) is 0.333. The minimum absolute atomic E-state index is 0.216. The Labute approximate surface area is 98.4 Å². The lowest BCUT2D eigenvalue weighted by atomic mass is 10.1. The summed E-state index contributed by atoms with van der Waals surface area (Å²) in [6.45, 7) is 0. The van der Waals surface area contributed by atoms with E-state index in [1.165, 1.54) is 0 Å². The molecule has 5 heteroatoms. The Morgan fingerprint density at radius 2 is 1.73 bits per heavy atom. The van der Waals surface area contributed by atoms with Crippen LogP contribution in [0.15, 0.2) is 24.0 Å². The first-order valence-electron chi connectivity index (χ1n) is 2.72. The molecule has 62 valence electrons. The molecule has 1 nitrogen and oxygen atoms in total. The fourth-order valence-corrected chi connectivity index (χ4v) is 1.88. The number of alkyl halides is 4. The first-order chi connectivity index (χ1) is 4.88. The minimum atomic E-state index is -0.679. The van der Waals surface area contributed by atoms with Gasteiger partial charge in [0.15, 0.2) is 3.23 Å². The van der Waals surface area contributed by atoms with Crippen molar-refractivity contribution in [2.75, 3.05) is 0 Å². The normalized spacial score (nSPS) is 26.4. The van der Waals surface area contributed by atoms with Gasteiger partial charge in [-0.3, -0.25) is 0 Å². The van der Waals surface area contributed by atoms with Crippen LogP contribution in [0.3, 0.4) is 0 Å². The fourth-order valence-electron chi connectivity index (χ4n) is 0.640. The van der Waals surface area contributed by atoms with Crippen molar-refractivity contribution < 1.29 is 5.11 Å². The number of hydrogen-bond donors (Lipinski definition) is 1. The molecule has 0 heterocycles. The zero-order chi connectivity index (χ0) is 8.70. The predicted octanol–water partition coefficient (Wildman–Crippen LogP) is 3.97. The lowest BCUT2D eigenvalue weighted by molar-refractivity contribution is 0.387. The van der Waals surface area contributed by atoms with E-state index in [2.05, 4.69) is 63.7 Å². The molecule has 0 atom stereocenters. The van der Waals surface area contributed by atoms with E-state index in [9.17, 15) is 5.11 Å². The molecule has 0 saturated carbocycles. The molecule has 0 aliphatic heterocycles. The van der Waals surface area contributed by atoms with Crippen molar-refractivity contribution in [2.24, 2.45) is 0 Å². The second-order valence-corrected chi connectivity index (χ2v) is 9.12. The van der Waals surface area contributed by atoms with Gasteiger partial charge in [0, 0.05) is 0 Å². The minimum Gasteiger partial charge on any atom is -0.510 e. The van der Waals surface area contributed by atoms with Gasteiger partial charge in [0.05, 0.1) is 0 Å². The molecular weight excluding hydrogens is 408 g/mol. The molecule has 11 heavy (non-hydrogen) atoms. The Hall–Kier alpha value is 1.20. The summed E-state index contributed by atoms with van der Waals surface area (Å²) in [6, 6.07) is 0. The van der Waals surface area contributed by atoms with Crippen molar-refractivity contribution in [3.8, 4) is 0 Å². The van der Waals surface area contributed by atoms with Crippen molar-refractivity contribution in [3.63, 3.8) is 0 Å². The smallest absolute Gasteiger partial charge is 0.165 e. The Morgan fingerprint density at radius 3 is 2.09 bits per heavy atom. The third-order valence-electron chi connectivity index (χ3n) is 1.30.